The van der Waals surface area contributed by atoms with E-state index in [0.29, 0.717) is 16.3 Å². The molecule has 0 saturated heterocycles. The first-order chi connectivity index (χ1) is 12.4. The molecule has 138 valence electrons. The van der Waals surface area contributed by atoms with Crippen LogP contribution in [0.3, 0.4) is 0 Å². The standard InChI is InChI=1S/C20H23NO4S/c1-4-26(24)18-12-8-6-10-16(18)20(23)25-13-19(22)21-17-11-7-5-9-15(17)14(2)3/h5-12,14H,4,13H2,1-3H3,(H,21,22)/t26-/m0/s1. The van der Waals surface area contributed by atoms with Crippen molar-refractivity contribution in [3.63, 3.8) is 0 Å². The van der Waals surface area contributed by atoms with Gasteiger partial charge in [-0.2, -0.15) is 0 Å². The Bertz CT molecular complexity index is 817. The number of anilines is 1. The van der Waals surface area contributed by atoms with E-state index in [4.69, 9.17) is 4.74 Å². The predicted molar refractivity (Wildman–Crippen MR) is 103 cm³/mol. The molecule has 2 aromatic rings. The number of carbonyl (C=O) groups excluding carboxylic acids is 2. The second-order valence-electron chi connectivity index (χ2n) is 6.00. The highest BCUT2D eigenvalue weighted by atomic mass is 32.2. The lowest BCUT2D eigenvalue weighted by Gasteiger charge is -2.14. The van der Waals surface area contributed by atoms with Crippen molar-refractivity contribution in [2.45, 2.75) is 31.6 Å². The van der Waals surface area contributed by atoms with Crippen molar-refractivity contribution in [3.05, 3.63) is 59.7 Å². The van der Waals surface area contributed by atoms with E-state index >= 15 is 0 Å². The van der Waals surface area contributed by atoms with Crippen LogP contribution in [0.15, 0.2) is 53.4 Å². The minimum atomic E-state index is -1.28. The van der Waals surface area contributed by atoms with Gasteiger partial charge in [0.05, 0.1) is 21.3 Å². The van der Waals surface area contributed by atoms with Crippen LogP contribution in [0.2, 0.25) is 0 Å². The fourth-order valence-corrected chi connectivity index (χ4v) is 3.44. The van der Waals surface area contributed by atoms with Gasteiger partial charge in [-0.3, -0.25) is 9.00 Å². The van der Waals surface area contributed by atoms with Crippen LogP contribution < -0.4 is 5.32 Å². The number of hydrogen-bond acceptors (Lipinski definition) is 4. The van der Waals surface area contributed by atoms with Gasteiger partial charge in [-0.05, 0) is 29.7 Å². The van der Waals surface area contributed by atoms with Gasteiger partial charge in [-0.25, -0.2) is 4.79 Å². The number of esters is 1. The van der Waals surface area contributed by atoms with Crippen LogP contribution in [0.25, 0.3) is 0 Å². The maximum atomic E-state index is 12.3. The van der Waals surface area contributed by atoms with Crippen molar-refractivity contribution in [3.8, 4) is 0 Å². The molecule has 2 aromatic carbocycles. The molecule has 1 amide bonds. The van der Waals surface area contributed by atoms with Crippen LogP contribution in [0.5, 0.6) is 0 Å². The molecule has 0 bridgehead atoms. The average molecular weight is 373 g/mol. The molecule has 0 radical (unpaired) electrons. The van der Waals surface area contributed by atoms with Crippen LogP contribution >= 0.6 is 0 Å². The third-order valence-electron chi connectivity index (χ3n) is 3.81. The van der Waals surface area contributed by atoms with Gasteiger partial charge in [0.15, 0.2) is 6.61 Å². The monoisotopic (exact) mass is 373 g/mol. The summed E-state index contributed by atoms with van der Waals surface area (Å²) >= 11 is 0. The summed E-state index contributed by atoms with van der Waals surface area (Å²) in [6.45, 7) is 5.45. The first kappa shape index (κ1) is 19.8. The number of nitrogens with one attached hydrogen (secondary N) is 1. The molecule has 0 aromatic heterocycles. The van der Waals surface area contributed by atoms with Gasteiger partial charge in [0.2, 0.25) is 0 Å². The Labute approximate surface area is 156 Å². The molecule has 0 aliphatic carbocycles. The molecule has 26 heavy (non-hydrogen) atoms. The number of benzene rings is 2. The summed E-state index contributed by atoms with van der Waals surface area (Å²) in [6, 6.07) is 14.1. The van der Waals surface area contributed by atoms with Gasteiger partial charge in [0, 0.05) is 11.4 Å². The minimum absolute atomic E-state index is 0.225. The second-order valence-corrected chi connectivity index (χ2v) is 7.70. The quantitative estimate of drug-likeness (QED) is 0.751. The van der Waals surface area contributed by atoms with Gasteiger partial charge in [0.25, 0.3) is 5.91 Å². The lowest BCUT2D eigenvalue weighted by Crippen LogP contribution is -2.22. The molecule has 0 spiro atoms. The molecular weight excluding hydrogens is 350 g/mol. The molecule has 0 unspecified atom stereocenters. The number of rotatable bonds is 7. The summed E-state index contributed by atoms with van der Waals surface area (Å²) in [6.07, 6.45) is 0. The number of para-hydroxylation sites is 1. The summed E-state index contributed by atoms with van der Waals surface area (Å²) < 4.78 is 17.2. The molecule has 0 saturated carbocycles. The molecule has 0 aliphatic heterocycles. The highest BCUT2D eigenvalue weighted by Gasteiger charge is 2.17. The molecule has 0 fully saturated rings. The van der Waals surface area contributed by atoms with Gasteiger partial charge >= 0.3 is 5.97 Å². The zero-order valence-corrected chi connectivity index (χ0v) is 16.0. The van der Waals surface area contributed by atoms with Crippen LogP contribution in [0.1, 0.15) is 42.6 Å². The Morgan fingerprint density at radius 3 is 2.42 bits per heavy atom. The Morgan fingerprint density at radius 1 is 1.08 bits per heavy atom. The largest absolute Gasteiger partial charge is 0.452 e. The van der Waals surface area contributed by atoms with E-state index in [9.17, 15) is 13.8 Å². The van der Waals surface area contributed by atoms with Crippen molar-refractivity contribution in [1.82, 2.24) is 0 Å². The maximum absolute atomic E-state index is 12.3. The molecule has 0 aliphatic rings. The van der Waals surface area contributed by atoms with Crippen LogP contribution in [0.4, 0.5) is 5.69 Å². The highest BCUT2D eigenvalue weighted by molar-refractivity contribution is 7.85. The van der Waals surface area contributed by atoms with E-state index in [1.54, 1.807) is 31.2 Å². The van der Waals surface area contributed by atoms with E-state index in [1.807, 2.05) is 38.1 Å². The van der Waals surface area contributed by atoms with E-state index in [2.05, 4.69) is 5.32 Å². The summed E-state index contributed by atoms with van der Waals surface area (Å²) in [5, 5.41) is 2.77. The topological polar surface area (TPSA) is 72.5 Å². The van der Waals surface area contributed by atoms with Crippen molar-refractivity contribution in [1.29, 1.82) is 0 Å². The fraction of sp³-hybridized carbons (Fsp3) is 0.300. The average Bonchev–Trinajstić information content (AvgIpc) is 2.65. The molecule has 1 atom stereocenters. The molecule has 2 rings (SSSR count). The van der Waals surface area contributed by atoms with E-state index in [0.717, 1.165) is 5.56 Å². The van der Waals surface area contributed by atoms with Gasteiger partial charge < -0.3 is 10.1 Å². The summed E-state index contributed by atoms with van der Waals surface area (Å²) in [5.41, 5.74) is 1.94. The molecule has 5 nitrogen and oxygen atoms in total. The maximum Gasteiger partial charge on any atom is 0.339 e. The molecule has 0 heterocycles. The van der Waals surface area contributed by atoms with Crippen molar-refractivity contribution >= 4 is 28.4 Å². The van der Waals surface area contributed by atoms with Gasteiger partial charge in [0.1, 0.15) is 0 Å². The van der Waals surface area contributed by atoms with Crippen molar-refractivity contribution < 1.29 is 18.5 Å². The third kappa shape index (κ3) is 5.02. The Kier molecular flexibility index (Phi) is 7.09. The first-order valence-electron chi connectivity index (χ1n) is 8.47. The summed E-state index contributed by atoms with van der Waals surface area (Å²) in [7, 11) is -1.28. The lowest BCUT2D eigenvalue weighted by atomic mass is 10.0. The summed E-state index contributed by atoms with van der Waals surface area (Å²) in [4.78, 5) is 24.9. The molecular formula is C20H23NO4S. The molecule has 1 N–H and O–H groups in total. The highest BCUT2D eigenvalue weighted by Crippen LogP contribution is 2.23. The molecule has 6 heteroatoms. The van der Waals surface area contributed by atoms with E-state index in [1.165, 1.54) is 0 Å². The normalized spacial score (nSPS) is 11.8. The fourth-order valence-electron chi connectivity index (χ4n) is 2.50. The second kappa shape index (κ2) is 9.29. The van der Waals surface area contributed by atoms with Crippen LogP contribution in [0, 0.1) is 0 Å². The number of amides is 1. The Balaban J connectivity index is 2.02. The first-order valence-corrected chi connectivity index (χ1v) is 9.79. The zero-order chi connectivity index (χ0) is 19.1. The van der Waals surface area contributed by atoms with E-state index in [-0.39, 0.29) is 11.5 Å². The minimum Gasteiger partial charge on any atom is -0.452 e. The van der Waals surface area contributed by atoms with Crippen molar-refractivity contribution in [2.75, 3.05) is 17.7 Å². The zero-order valence-electron chi connectivity index (χ0n) is 15.2. The van der Waals surface area contributed by atoms with Crippen molar-refractivity contribution in [2.24, 2.45) is 0 Å². The van der Waals surface area contributed by atoms with Gasteiger partial charge in [-0.1, -0.05) is 51.1 Å². The van der Waals surface area contributed by atoms with Crippen LogP contribution in [-0.4, -0.2) is 28.4 Å². The SMILES string of the molecule is CC[S@](=O)c1ccccc1C(=O)OCC(=O)Nc1ccccc1C(C)C. The van der Waals surface area contributed by atoms with E-state index < -0.39 is 29.3 Å². The predicted octanol–water partition coefficient (Wildman–Crippen LogP) is 3.73. The Hall–Kier alpha value is -2.47. The lowest BCUT2D eigenvalue weighted by molar-refractivity contribution is -0.119. The smallest absolute Gasteiger partial charge is 0.339 e. The van der Waals surface area contributed by atoms with Crippen LogP contribution in [-0.2, 0) is 20.3 Å². The number of carbonyl (C=O) groups is 2. The summed E-state index contributed by atoms with van der Waals surface area (Å²) in [5.74, 6) is -0.420. The Morgan fingerprint density at radius 2 is 1.73 bits per heavy atom. The number of hydrogen-bond donors (Lipinski definition) is 1. The van der Waals surface area contributed by atoms with Gasteiger partial charge in [-0.15, -0.1) is 0 Å². The number of ether oxygens (including phenoxy) is 1. The third-order valence-corrected chi connectivity index (χ3v) is 5.18.